The lowest BCUT2D eigenvalue weighted by Gasteiger charge is -2.35. The van der Waals surface area contributed by atoms with Gasteiger partial charge in [0.1, 0.15) is 0 Å². The fourth-order valence-electron chi connectivity index (χ4n) is 4.86. The number of hydrogen-bond donors (Lipinski definition) is 2. The molecule has 1 unspecified atom stereocenters. The van der Waals surface area contributed by atoms with Crippen molar-refractivity contribution in [2.45, 2.75) is 51.2 Å². The first-order valence-corrected chi connectivity index (χ1v) is 12.4. The van der Waals surface area contributed by atoms with Gasteiger partial charge in [0.2, 0.25) is 5.91 Å². The Balaban J connectivity index is 2.08. The first-order valence-electron chi connectivity index (χ1n) is 12.0. The van der Waals surface area contributed by atoms with Gasteiger partial charge in [0.15, 0.2) is 11.2 Å². The van der Waals surface area contributed by atoms with E-state index in [2.05, 4.69) is 4.98 Å². The zero-order valence-corrected chi connectivity index (χ0v) is 22.5. The molecule has 0 saturated carbocycles. The minimum atomic E-state index is -4.81. The van der Waals surface area contributed by atoms with E-state index in [4.69, 9.17) is 17.3 Å². The van der Waals surface area contributed by atoms with Crippen LogP contribution in [0.4, 0.5) is 13.2 Å². The number of aryl methyl sites for hydroxylation is 1. The number of carbonyl (C=O) groups excluding carboxylic acids is 1. The molecule has 6 nitrogen and oxygen atoms in total. The SMILES string of the molecule is Cc1cc2ccn(C(Cc3ccc(C(C)(C)C)cc3)(C(N)=O)c3ccc(Cl)c(C(F)(F)F)c3)c2c(C(=O)O)n1. The van der Waals surface area contributed by atoms with Crippen molar-refractivity contribution in [3.8, 4) is 0 Å². The second-order valence-corrected chi connectivity index (χ2v) is 11.0. The molecular weight excluding hydrogens is 531 g/mol. The molecule has 1 amide bonds. The summed E-state index contributed by atoms with van der Waals surface area (Å²) in [6.45, 7) is 7.74. The van der Waals surface area contributed by atoms with Gasteiger partial charge in [-0.25, -0.2) is 9.78 Å². The quantitative estimate of drug-likeness (QED) is 0.283. The summed E-state index contributed by atoms with van der Waals surface area (Å²) < 4.78 is 43.1. The topological polar surface area (TPSA) is 98.2 Å². The van der Waals surface area contributed by atoms with Crippen LogP contribution in [0, 0.1) is 6.92 Å². The number of amides is 1. The summed E-state index contributed by atoms with van der Waals surface area (Å²) in [7, 11) is 0. The van der Waals surface area contributed by atoms with Crippen LogP contribution in [0.5, 0.6) is 0 Å². The van der Waals surface area contributed by atoms with Crippen molar-refractivity contribution >= 4 is 34.4 Å². The monoisotopic (exact) mass is 557 g/mol. The van der Waals surface area contributed by atoms with Gasteiger partial charge >= 0.3 is 12.1 Å². The second-order valence-electron chi connectivity index (χ2n) is 10.6. The van der Waals surface area contributed by atoms with Crippen molar-refractivity contribution in [1.82, 2.24) is 9.55 Å². The van der Waals surface area contributed by atoms with E-state index >= 15 is 0 Å². The molecule has 3 N–H and O–H groups in total. The minimum absolute atomic E-state index is 0.0571. The number of aromatic carboxylic acids is 1. The normalized spacial score (nSPS) is 13.8. The Bertz CT molecular complexity index is 1590. The number of rotatable bonds is 6. The van der Waals surface area contributed by atoms with E-state index in [1.165, 1.54) is 16.8 Å². The molecule has 204 valence electrons. The lowest BCUT2D eigenvalue weighted by molar-refractivity contribution is -0.137. The highest BCUT2D eigenvalue weighted by molar-refractivity contribution is 6.31. The molecule has 0 aliphatic carbocycles. The van der Waals surface area contributed by atoms with Crippen molar-refractivity contribution < 1.29 is 27.9 Å². The van der Waals surface area contributed by atoms with Crippen molar-refractivity contribution in [1.29, 1.82) is 0 Å². The summed E-state index contributed by atoms with van der Waals surface area (Å²) >= 11 is 5.90. The fraction of sp³-hybridized carbons (Fsp3) is 0.276. The van der Waals surface area contributed by atoms with E-state index in [1.54, 1.807) is 31.2 Å². The molecule has 0 radical (unpaired) electrons. The molecule has 4 rings (SSSR count). The van der Waals surface area contributed by atoms with Crippen LogP contribution in [0.15, 0.2) is 60.8 Å². The number of carbonyl (C=O) groups is 2. The first-order chi connectivity index (χ1) is 18.1. The third-order valence-corrected chi connectivity index (χ3v) is 7.17. The molecule has 0 aliphatic rings. The van der Waals surface area contributed by atoms with E-state index in [-0.39, 0.29) is 28.6 Å². The Morgan fingerprint density at radius 1 is 1.00 bits per heavy atom. The molecule has 4 aromatic rings. The summed E-state index contributed by atoms with van der Waals surface area (Å²) in [5.74, 6) is -2.34. The van der Waals surface area contributed by atoms with Gasteiger partial charge in [-0.05, 0) is 53.3 Å². The highest BCUT2D eigenvalue weighted by Crippen LogP contribution is 2.41. The maximum atomic E-state index is 13.9. The van der Waals surface area contributed by atoms with Crippen molar-refractivity contribution in [3.05, 3.63) is 99.5 Å². The Hall–Kier alpha value is -3.85. The number of primary amides is 1. The van der Waals surface area contributed by atoms with Crippen LogP contribution >= 0.6 is 11.6 Å². The Labute approximate surface area is 228 Å². The van der Waals surface area contributed by atoms with E-state index in [9.17, 15) is 27.9 Å². The van der Waals surface area contributed by atoms with Crippen LogP contribution in [0.25, 0.3) is 10.9 Å². The number of fused-ring (bicyclic) bond motifs is 1. The van der Waals surface area contributed by atoms with Gasteiger partial charge < -0.3 is 15.4 Å². The number of nitrogens with zero attached hydrogens (tertiary/aromatic N) is 2. The van der Waals surface area contributed by atoms with Gasteiger partial charge in [-0.2, -0.15) is 13.2 Å². The largest absolute Gasteiger partial charge is 0.476 e. The number of carboxylic acids is 1. The molecule has 10 heteroatoms. The predicted molar refractivity (Wildman–Crippen MR) is 143 cm³/mol. The number of alkyl halides is 3. The summed E-state index contributed by atoms with van der Waals surface area (Å²) in [4.78, 5) is 29.9. The third-order valence-electron chi connectivity index (χ3n) is 6.85. The zero-order valence-electron chi connectivity index (χ0n) is 21.7. The molecule has 2 aromatic heterocycles. The van der Waals surface area contributed by atoms with Gasteiger partial charge in [-0.15, -0.1) is 0 Å². The summed E-state index contributed by atoms with van der Waals surface area (Å²) in [6, 6.07) is 13.7. The highest BCUT2D eigenvalue weighted by Gasteiger charge is 2.44. The lowest BCUT2D eigenvalue weighted by atomic mass is 9.80. The second kappa shape index (κ2) is 9.72. The molecule has 39 heavy (non-hydrogen) atoms. The number of hydrogen-bond acceptors (Lipinski definition) is 3. The van der Waals surface area contributed by atoms with Gasteiger partial charge in [-0.3, -0.25) is 4.79 Å². The van der Waals surface area contributed by atoms with E-state index in [0.717, 1.165) is 17.7 Å². The first kappa shape index (κ1) is 28.2. The number of carboxylic acid groups (broad SMARTS) is 1. The molecule has 2 heterocycles. The van der Waals surface area contributed by atoms with Gasteiger partial charge in [-0.1, -0.05) is 62.7 Å². The minimum Gasteiger partial charge on any atom is -0.476 e. The predicted octanol–water partition coefficient (Wildman–Crippen LogP) is 6.48. The molecule has 2 aromatic carbocycles. The molecule has 0 aliphatic heterocycles. The standard InChI is InChI=1S/C29H27ClF3N3O3/c1-16-13-18-11-12-36(24(18)23(35-16)25(37)38)28(26(34)39,15-17-5-7-19(8-6-17)27(2,3)4)20-9-10-22(30)21(14-20)29(31,32)33/h5-14H,15H2,1-4H3,(H2,34,39)(H,37,38). The molecular formula is C29H27ClF3N3O3. The van der Waals surface area contributed by atoms with E-state index in [0.29, 0.717) is 16.6 Å². The lowest BCUT2D eigenvalue weighted by Crippen LogP contribution is -2.49. The number of nitrogens with two attached hydrogens (primary N) is 1. The highest BCUT2D eigenvalue weighted by atomic mass is 35.5. The van der Waals surface area contributed by atoms with Gasteiger partial charge in [0.25, 0.3) is 0 Å². The van der Waals surface area contributed by atoms with Crippen molar-refractivity contribution in [2.24, 2.45) is 5.73 Å². The Kier molecular flexibility index (Phi) is 7.02. The third kappa shape index (κ3) is 5.11. The van der Waals surface area contributed by atoms with Crippen molar-refractivity contribution in [2.75, 3.05) is 0 Å². The molecule has 0 saturated heterocycles. The average Bonchev–Trinajstić information content (AvgIpc) is 3.25. The van der Waals surface area contributed by atoms with E-state index < -0.39 is 34.2 Å². The zero-order chi connectivity index (χ0) is 28.9. The van der Waals surface area contributed by atoms with Crippen LogP contribution in [-0.2, 0) is 28.3 Å². The number of benzene rings is 2. The van der Waals surface area contributed by atoms with Crippen LogP contribution < -0.4 is 5.73 Å². The molecule has 0 fully saturated rings. The van der Waals surface area contributed by atoms with Gasteiger partial charge in [0.05, 0.1) is 16.1 Å². The Morgan fingerprint density at radius 3 is 2.15 bits per heavy atom. The maximum absolute atomic E-state index is 13.9. The summed E-state index contributed by atoms with van der Waals surface area (Å²) in [5.41, 5.74) is 4.43. The molecule has 1 atom stereocenters. The summed E-state index contributed by atoms with van der Waals surface area (Å²) in [6.07, 6.45) is -3.52. The molecule has 0 bridgehead atoms. The number of pyridine rings is 1. The Morgan fingerprint density at radius 2 is 1.62 bits per heavy atom. The van der Waals surface area contributed by atoms with Crippen molar-refractivity contribution in [3.63, 3.8) is 0 Å². The van der Waals surface area contributed by atoms with Gasteiger partial charge in [0, 0.05) is 23.7 Å². The van der Waals surface area contributed by atoms with E-state index in [1.807, 2.05) is 32.9 Å². The van der Waals surface area contributed by atoms with Crippen LogP contribution in [0.3, 0.4) is 0 Å². The van der Waals surface area contributed by atoms with Crippen LogP contribution in [0.1, 0.15) is 59.2 Å². The van der Waals surface area contributed by atoms with Crippen LogP contribution in [0.2, 0.25) is 5.02 Å². The smallest absolute Gasteiger partial charge is 0.417 e. The fourth-order valence-corrected chi connectivity index (χ4v) is 5.09. The number of aromatic nitrogens is 2. The number of halogens is 4. The molecule has 0 spiro atoms. The maximum Gasteiger partial charge on any atom is 0.417 e. The summed E-state index contributed by atoms with van der Waals surface area (Å²) in [5, 5.41) is 9.85. The van der Waals surface area contributed by atoms with Crippen LogP contribution in [-0.4, -0.2) is 26.5 Å². The average molecular weight is 558 g/mol.